The molecule has 3 N–H and O–H groups in total. The van der Waals surface area contributed by atoms with Gasteiger partial charge in [-0.25, -0.2) is 8.42 Å². The van der Waals surface area contributed by atoms with Crippen LogP contribution in [-0.2, 0) is 19.6 Å². The van der Waals surface area contributed by atoms with Gasteiger partial charge in [-0.1, -0.05) is 28.1 Å². The molecule has 0 bridgehead atoms. The predicted octanol–water partition coefficient (Wildman–Crippen LogP) is 1.63. The molecule has 1 heterocycles. The number of fused-ring (bicyclic) bond motifs is 1. The third-order valence-corrected chi connectivity index (χ3v) is 5.84. The Kier molecular flexibility index (Phi) is 5.80. The van der Waals surface area contributed by atoms with Gasteiger partial charge in [0, 0.05) is 15.7 Å². The van der Waals surface area contributed by atoms with Gasteiger partial charge in [0.1, 0.15) is 11.9 Å². The van der Waals surface area contributed by atoms with E-state index in [1.807, 2.05) is 0 Å². The minimum absolute atomic E-state index is 0.109. The van der Waals surface area contributed by atoms with Crippen molar-refractivity contribution in [3.63, 3.8) is 0 Å². The molecule has 0 unspecified atom stereocenters. The van der Waals surface area contributed by atoms with Gasteiger partial charge < -0.3 is 10.6 Å². The third kappa shape index (κ3) is 4.57. The molecule has 1 atom stereocenters. The molecular formula is C18H17BrN4O4S. The molecule has 1 aliphatic heterocycles. The topological polar surface area (TPSA) is 117 Å². The lowest BCUT2D eigenvalue weighted by molar-refractivity contribution is -0.124. The quantitative estimate of drug-likeness (QED) is 0.623. The molecule has 0 saturated heterocycles. The summed E-state index contributed by atoms with van der Waals surface area (Å²) in [4.78, 5) is 28.5. The van der Waals surface area contributed by atoms with E-state index in [9.17, 15) is 18.0 Å². The second-order valence-electron chi connectivity index (χ2n) is 6.03. The number of amides is 2. The van der Waals surface area contributed by atoms with Gasteiger partial charge in [-0.2, -0.15) is 0 Å². The number of hydrogen-bond acceptors (Lipinski definition) is 5. The van der Waals surface area contributed by atoms with Crippen molar-refractivity contribution in [1.29, 1.82) is 0 Å². The molecule has 3 rings (SSSR count). The van der Waals surface area contributed by atoms with E-state index in [0.717, 1.165) is 4.47 Å². The van der Waals surface area contributed by atoms with Crippen LogP contribution in [0.25, 0.3) is 0 Å². The molecule has 0 aliphatic carbocycles. The fourth-order valence-corrected chi connectivity index (χ4v) is 4.04. The summed E-state index contributed by atoms with van der Waals surface area (Å²) in [7, 11) is -3.67. The van der Waals surface area contributed by atoms with Crippen molar-refractivity contribution in [2.75, 3.05) is 11.9 Å². The predicted molar refractivity (Wildman–Crippen MR) is 109 cm³/mol. The standard InChI is InChI=1S/C18H17BrN4O4S/c1-11(21-17-14-4-2-3-5-15(14)28(26,27)23-17)18(25)20-10-16(24)22-13-8-6-12(19)7-9-13/h2-9,11H,10H2,1H3,(H,20,25)(H,21,23)(H,22,24)/t11-/m0/s1. The van der Waals surface area contributed by atoms with Gasteiger partial charge >= 0.3 is 0 Å². The Morgan fingerprint density at radius 3 is 2.54 bits per heavy atom. The molecule has 2 aromatic carbocycles. The molecule has 28 heavy (non-hydrogen) atoms. The molecule has 2 amide bonds. The van der Waals surface area contributed by atoms with Crippen LogP contribution in [0.4, 0.5) is 5.69 Å². The Morgan fingerprint density at radius 2 is 1.82 bits per heavy atom. The third-order valence-electron chi connectivity index (χ3n) is 3.92. The van der Waals surface area contributed by atoms with Gasteiger partial charge in [0.2, 0.25) is 11.8 Å². The number of nitrogens with zero attached hydrogens (tertiary/aromatic N) is 1. The number of carbonyl (C=O) groups is 2. The first-order chi connectivity index (χ1) is 13.3. The minimum atomic E-state index is -3.67. The number of nitrogens with one attached hydrogen (secondary N) is 3. The molecule has 10 heteroatoms. The SMILES string of the molecule is C[C@H](N=C1NS(=O)(=O)c2ccccc21)C(=O)NCC(=O)Nc1ccc(Br)cc1. The Balaban J connectivity index is 1.60. The Hall–Kier alpha value is -2.72. The van der Waals surface area contributed by atoms with E-state index in [2.05, 4.69) is 36.3 Å². The van der Waals surface area contributed by atoms with Gasteiger partial charge in [0.25, 0.3) is 10.0 Å². The molecule has 146 valence electrons. The summed E-state index contributed by atoms with van der Waals surface area (Å²) >= 11 is 3.31. The second-order valence-corrected chi connectivity index (χ2v) is 8.59. The van der Waals surface area contributed by atoms with Crippen molar-refractivity contribution in [2.24, 2.45) is 4.99 Å². The lowest BCUT2D eigenvalue weighted by Gasteiger charge is -2.10. The maximum atomic E-state index is 12.2. The van der Waals surface area contributed by atoms with Crippen LogP contribution in [0.2, 0.25) is 0 Å². The Labute approximate surface area is 170 Å². The van der Waals surface area contributed by atoms with Gasteiger partial charge in [0.15, 0.2) is 0 Å². The van der Waals surface area contributed by atoms with Crippen molar-refractivity contribution in [2.45, 2.75) is 17.9 Å². The number of amidine groups is 1. The number of aliphatic imine (C=N–C) groups is 1. The zero-order valence-electron chi connectivity index (χ0n) is 14.8. The first kappa shape index (κ1) is 20.0. The summed E-state index contributed by atoms with van der Waals surface area (Å²) in [5.41, 5.74) is 1.02. The van der Waals surface area contributed by atoms with E-state index in [1.165, 1.54) is 13.0 Å². The maximum Gasteiger partial charge on any atom is 0.263 e. The smallest absolute Gasteiger partial charge is 0.263 e. The summed E-state index contributed by atoms with van der Waals surface area (Å²) in [6.07, 6.45) is 0. The monoisotopic (exact) mass is 464 g/mol. The van der Waals surface area contributed by atoms with Crippen molar-refractivity contribution in [1.82, 2.24) is 10.0 Å². The fourth-order valence-electron chi connectivity index (χ4n) is 2.54. The normalized spacial score (nSPS) is 16.7. The van der Waals surface area contributed by atoms with Gasteiger partial charge in [0.05, 0.1) is 11.4 Å². The minimum Gasteiger partial charge on any atom is -0.345 e. The van der Waals surface area contributed by atoms with Crippen LogP contribution in [0.15, 0.2) is 62.9 Å². The lowest BCUT2D eigenvalue weighted by Crippen LogP contribution is -2.38. The van der Waals surface area contributed by atoms with Gasteiger partial charge in [-0.15, -0.1) is 0 Å². The fraction of sp³-hybridized carbons (Fsp3) is 0.167. The van der Waals surface area contributed by atoms with Crippen LogP contribution in [0.1, 0.15) is 12.5 Å². The van der Waals surface area contributed by atoms with Crippen LogP contribution in [-0.4, -0.2) is 38.7 Å². The van der Waals surface area contributed by atoms with E-state index in [0.29, 0.717) is 11.3 Å². The zero-order valence-corrected chi connectivity index (χ0v) is 17.2. The second kappa shape index (κ2) is 8.11. The number of benzene rings is 2. The maximum absolute atomic E-state index is 12.2. The number of sulfonamides is 1. The molecule has 1 aliphatic rings. The highest BCUT2D eigenvalue weighted by atomic mass is 79.9. The summed E-state index contributed by atoms with van der Waals surface area (Å²) in [6, 6.07) is 12.5. The Morgan fingerprint density at radius 1 is 1.14 bits per heavy atom. The van der Waals surface area contributed by atoms with Crippen molar-refractivity contribution in [3.8, 4) is 0 Å². The molecule has 0 aromatic heterocycles. The summed E-state index contributed by atoms with van der Waals surface area (Å²) in [5, 5.41) is 5.15. The van der Waals surface area contributed by atoms with Crippen molar-refractivity contribution < 1.29 is 18.0 Å². The van der Waals surface area contributed by atoms with E-state index in [1.54, 1.807) is 42.5 Å². The van der Waals surface area contributed by atoms with Crippen molar-refractivity contribution in [3.05, 3.63) is 58.6 Å². The van der Waals surface area contributed by atoms with E-state index < -0.39 is 22.0 Å². The van der Waals surface area contributed by atoms with Crippen LogP contribution in [0, 0.1) is 0 Å². The first-order valence-corrected chi connectivity index (χ1v) is 10.6. The molecule has 8 nitrogen and oxygen atoms in total. The number of carbonyl (C=O) groups excluding carboxylic acids is 2. The number of rotatable bonds is 5. The highest BCUT2D eigenvalue weighted by Crippen LogP contribution is 2.22. The molecule has 0 fully saturated rings. The molecule has 2 aromatic rings. The molecular weight excluding hydrogens is 448 g/mol. The van der Waals surface area contributed by atoms with Gasteiger partial charge in [-0.3, -0.25) is 19.3 Å². The number of hydrogen-bond donors (Lipinski definition) is 3. The summed E-state index contributed by atoms with van der Waals surface area (Å²) in [6.45, 7) is 1.29. The largest absolute Gasteiger partial charge is 0.345 e. The van der Waals surface area contributed by atoms with E-state index >= 15 is 0 Å². The van der Waals surface area contributed by atoms with Crippen molar-refractivity contribution >= 4 is 49.3 Å². The molecule has 0 saturated carbocycles. The molecule has 0 radical (unpaired) electrons. The highest BCUT2D eigenvalue weighted by Gasteiger charge is 2.31. The summed E-state index contributed by atoms with van der Waals surface area (Å²) in [5.74, 6) is -0.776. The summed E-state index contributed by atoms with van der Waals surface area (Å²) < 4.78 is 27.4. The average Bonchev–Trinajstić information content (AvgIpc) is 2.92. The van der Waals surface area contributed by atoms with Crippen LogP contribution in [0.3, 0.4) is 0 Å². The van der Waals surface area contributed by atoms with E-state index in [4.69, 9.17) is 0 Å². The van der Waals surface area contributed by atoms with E-state index in [-0.39, 0.29) is 23.2 Å². The van der Waals surface area contributed by atoms with Crippen LogP contribution >= 0.6 is 15.9 Å². The Bertz CT molecular complexity index is 1050. The average molecular weight is 465 g/mol. The first-order valence-electron chi connectivity index (χ1n) is 8.29. The lowest BCUT2D eigenvalue weighted by atomic mass is 10.2. The van der Waals surface area contributed by atoms with Gasteiger partial charge in [-0.05, 0) is 43.3 Å². The van der Waals surface area contributed by atoms with Crippen LogP contribution in [0.5, 0.6) is 0 Å². The number of halogens is 1. The zero-order chi connectivity index (χ0) is 20.3. The molecule has 0 spiro atoms. The van der Waals surface area contributed by atoms with Crippen LogP contribution < -0.4 is 15.4 Å². The number of anilines is 1. The highest BCUT2D eigenvalue weighted by molar-refractivity contribution is 9.10.